The molecular formula is C55H55N4+. The van der Waals surface area contributed by atoms with Crippen LogP contribution in [-0.4, -0.2) is 9.55 Å². The molecule has 0 radical (unpaired) electrons. The smallest absolute Gasteiger partial charge is 0.337 e. The number of nitrogens with zero attached hydrogens (tertiary/aromatic N) is 4. The fourth-order valence-electron chi connectivity index (χ4n) is 8.49. The van der Waals surface area contributed by atoms with E-state index in [2.05, 4.69) is 161 Å². The molecule has 0 amide bonds. The van der Waals surface area contributed by atoms with E-state index in [0.29, 0.717) is 6.54 Å². The van der Waals surface area contributed by atoms with Gasteiger partial charge in [0.2, 0.25) is 0 Å². The summed E-state index contributed by atoms with van der Waals surface area (Å²) in [5.74, 6) is 0. The van der Waals surface area contributed by atoms with Crippen LogP contribution in [0.5, 0.6) is 0 Å². The van der Waals surface area contributed by atoms with Crippen molar-refractivity contribution in [3.8, 4) is 17.8 Å². The summed E-state index contributed by atoms with van der Waals surface area (Å²) in [6.07, 6.45) is 14.9. The van der Waals surface area contributed by atoms with E-state index in [1.165, 1.54) is 60.8 Å². The van der Waals surface area contributed by atoms with Crippen molar-refractivity contribution in [2.45, 2.75) is 73.4 Å². The Morgan fingerprint density at radius 3 is 2.29 bits per heavy atom. The molecule has 0 saturated heterocycles. The van der Waals surface area contributed by atoms with Gasteiger partial charge in [-0.3, -0.25) is 4.98 Å². The van der Waals surface area contributed by atoms with Crippen LogP contribution in [0.3, 0.4) is 0 Å². The van der Waals surface area contributed by atoms with Crippen molar-refractivity contribution in [1.29, 1.82) is 0 Å². The number of pyridine rings is 1. The lowest BCUT2D eigenvalue weighted by Crippen LogP contribution is -2.21. The molecule has 0 saturated carbocycles. The molecule has 0 fully saturated rings. The van der Waals surface area contributed by atoms with Gasteiger partial charge in [0.15, 0.2) is 0 Å². The number of fused-ring (bicyclic) bond motifs is 4. The first-order chi connectivity index (χ1) is 29.1. The molecule has 2 heterocycles. The van der Waals surface area contributed by atoms with Gasteiger partial charge in [-0.1, -0.05) is 144 Å². The van der Waals surface area contributed by atoms with Gasteiger partial charge in [0.25, 0.3) is 6.57 Å². The van der Waals surface area contributed by atoms with Gasteiger partial charge in [-0.2, -0.15) is 0 Å². The number of anilines is 1. The highest BCUT2D eigenvalue weighted by molar-refractivity contribution is 6.09. The van der Waals surface area contributed by atoms with Gasteiger partial charge in [-0.05, 0) is 112 Å². The van der Waals surface area contributed by atoms with E-state index in [4.69, 9.17) is 6.57 Å². The third kappa shape index (κ3) is 8.47. The van der Waals surface area contributed by atoms with E-state index in [1.807, 2.05) is 56.4 Å². The summed E-state index contributed by atoms with van der Waals surface area (Å²) in [4.78, 5) is 11.0. The average Bonchev–Trinajstić information content (AvgIpc) is 3.81. The maximum Gasteiger partial charge on any atom is 0.363 e. The third-order valence-electron chi connectivity index (χ3n) is 11.1. The molecule has 59 heavy (non-hydrogen) atoms. The predicted octanol–water partition coefficient (Wildman–Crippen LogP) is 15.2. The average molecular weight is 772 g/mol. The topological polar surface area (TPSA) is 25.4 Å². The van der Waals surface area contributed by atoms with Crippen LogP contribution in [0.4, 0.5) is 11.4 Å². The van der Waals surface area contributed by atoms with Gasteiger partial charge in [0.05, 0.1) is 5.69 Å². The quantitative estimate of drug-likeness (QED) is 0.116. The minimum atomic E-state index is 0.652. The summed E-state index contributed by atoms with van der Waals surface area (Å²) >= 11 is 0. The van der Waals surface area contributed by atoms with Gasteiger partial charge in [-0.25, -0.2) is 0 Å². The lowest BCUT2D eigenvalue weighted by atomic mass is 9.92. The lowest BCUT2D eigenvalue weighted by molar-refractivity contribution is 0.888. The predicted molar refractivity (Wildman–Crippen MR) is 254 cm³/mol. The van der Waals surface area contributed by atoms with E-state index in [9.17, 15) is 0 Å². The second kappa shape index (κ2) is 19.2. The van der Waals surface area contributed by atoms with Crippen molar-refractivity contribution >= 4 is 44.3 Å². The molecule has 0 aliphatic heterocycles. The second-order valence-electron chi connectivity index (χ2n) is 14.6. The van der Waals surface area contributed by atoms with Crippen molar-refractivity contribution in [2.24, 2.45) is 0 Å². The van der Waals surface area contributed by atoms with Gasteiger partial charge in [0.1, 0.15) is 5.69 Å². The largest absolute Gasteiger partial charge is 0.363 e. The van der Waals surface area contributed by atoms with Crippen LogP contribution in [0.2, 0.25) is 0 Å². The molecule has 7 aromatic rings. The fourth-order valence-corrected chi connectivity index (χ4v) is 8.49. The van der Waals surface area contributed by atoms with Crippen LogP contribution in [-0.2, 0) is 19.5 Å². The van der Waals surface area contributed by atoms with E-state index in [1.54, 1.807) is 0 Å². The molecule has 5 aromatic carbocycles. The SMILES string of the molecule is C#[N+]c1ccccc1N(Cc1ccc(-c2ccccn2)cc1)C(/C=C\Cn1c2ccccc2c2cc(/C(CC)=C3\Cc4ccccc4\C3=C\CC)ccc21)=C/CC.CC. The molecule has 294 valence electrons. The molecule has 4 nitrogen and oxygen atoms in total. The minimum absolute atomic E-state index is 0.652. The van der Waals surface area contributed by atoms with Crippen LogP contribution in [0.1, 0.15) is 76.1 Å². The Bertz CT molecular complexity index is 2720. The standard InChI is InChI=1S/C53H49N4.C2H6/c1-5-17-42(57(53-26-13-11-24-50(53)54-4)37-38-27-29-39(30-28-38)49-23-14-15-33-55-49)20-16-34-56-51-25-12-10-22-46(51)48-36-41(31-32-52(48)56)43(7-3)47-35-40-19-8-9-21-44(40)45(47)18-6-2;1-2/h4,8-33,36H,5-7,34-35,37H2,1-3H3;1-2H3/q+1;/b20-16-,42-17+,45-18-,47-43+;. The molecule has 8 rings (SSSR count). The Morgan fingerprint density at radius 1 is 0.780 bits per heavy atom. The summed E-state index contributed by atoms with van der Waals surface area (Å²) in [7, 11) is 0. The lowest BCUT2D eigenvalue weighted by Gasteiger charge is -2.25. The Hall–Kier alpha value is -6.70. The number of rotatable bonds is 12. The van der Waals surface area contributed by atoms with Gasteiger partial charge >= 0.3 is 5.69 Å². The summed E-state index contributed by atoms with van der Waals surface area (Å²) in [5.41, 5.74) is 17.0. The Kier molecular flexibility index (Phi) is 13.2. The monoisotopic (exact) mass is 771 g/mol. The first-order valence-corrected chi connectivity index (χ1v) is 21.3. The Morgan fingerprint density at radius 2 is 1.53 bits per heavy atom. The van der Waals surface area contributed by atoms with Crippen LogP contribution in [0.15, 0.2) is 175 Å². The zero-order valence-electron chi connectivity index (χ0n) is 35.2. The van der Waals surface area contributed by atoms with Crippen LogP contribution in [0, 0.1) is 6.57 Å². The Labute approximate surface area is 351 Å². The van der Waals surface area contributed by atoms with Gasteiger partial charge < -0.3 is 9.47 Å². The molecule has 0 atom stereocenters. The zero-order chi connectivity index (χ0) is 41.1. The summed E-state index contributed by atoms with van der Waals surface area (Å²) in [6, 6.07) is 47.6. The maximum absolute atomic E-state index is 5.97. The summed E-state index contributed by atoms with van der Waals surface area (Å²) in [6.45, 7) is 18.1. The highest BCUT2D eigenvalue weighted by Gasteiger charge is 2.24. The normalized spacial score (nSPS) is 14.0. The first-order valence-electron chi connectivity index (χ1n) is 21.3. The van der Waals surface area contributed by atoms with Crippen LogP contribution in [0.25, 0.3) is 49.1 Å². The van der Waals surface area contributed by atoms with Crippen molar-refractivity contribution in [3.05, 3.63) is 202 Å². The van der Waals surface area contributed by atoms with E-state index in [0.717, 1.165) is 60.6 Å². The third-order valence-corrected chi connectivity index (χ3v) is 11.1. The second-order valence-corrected chi connectivity index (χ2v) is 14.6. The van der Waals surface area contributed by atoms with Gasteiger partial charge in [-0.15, -0.1) is 0 Å². The highest BCUT2D eigenvalue weighted by Crippen LogP contribution is 2.43. The number of allylic oxidation sites excluding steroid dienone is 7. The number of hydrogen-bond acceptors (Lipinski definition) is 2. The van der Waals surface area contributed by atoms with E-state index >= 15 is 0 Å². The summed E-state index contributed by atoms with van der Waals surface area (Å²) in [5, 5.41) is 2.57. The van der Waals surface area contributed by atoms with Crippen molar-refractivity contribution in [1.82, 2.24) is 9.55 Å². The minimum Gasteiger partial charge on any atom is -0.337 e. The van der Waals surface area contributed by atoms with E-state index in [-0.39, 0.29) is 0 Å². The molecular weight excluding hydrogens is 717 g/mol. The molecule has 1 aliphatic carbocycles. The molecule has 0 bridgehead atoms. The maximum atomic E-state index is 5.97. The van der Waals surface area contributed by atoms with Gasteiger partial charge in [0, 0.05) is 58.4 Å². The molecule has 2 aromatic heterocycles. The Balaban J connectivity index is 0.00000260. The first kappa shape index (κ1) is 40.5. The number of para-hydroxylation sites is 3. The van der Waals surface area contributed by atoms with Crippen molar-refractivity contribution < 1.29 is 0 Å². The van der Waals surface area contributed by atoms with E-state index < -0.39 is 0 Å². The van der Waals surface area contributed by atoms with Crippen LogP contribution >= 0.6 is 0 Å². The fraction of sp³-hybridized carbons (Fsp3) is 0.200. The zero-order valence-corrected chi connectivity index (χ0v) is 35.2. The number of benzene rings is 5. The molecule has 0 unspecified atom stereocenters. The molecule has 4 heteroatoms. The summed E-state index contributed by atoms with van der Waals surface area (Å²) < 4.78 is 2.45. The van der Waals surface area contributed by atoms with Crippen molar-refractivity contribution in [2.75, 3.05) is 4.90 Å². The highest BCUT2D eigenvalue weighted by atomic mass is 15.1. The van der Waals surface area contributed by atoms with Crippen molar-refractivity contribution in [3.63, 3.8) is 0 Å². The molecule has 0 spiro atoms. The number of aromatic nitrogens is 2. The molecule has 0 N–H and O–H groups in total. The van der Waals surface area contributed by atoms with Crippen LogP contribution < -0.4 is 4.90 Å². The number of hydrogen-bond donors (Lipinski definition) is 0. The molecule has 1 aliphatic rings.